The molecule has 0 spiro atoms. The van der Waals surface area contributed by atoms with Crippen LogP contribution in [0.1, 0.15) is 18.9 Å². The summed E-state index contributed by atoms with van der Waals surface area (Å²) in [5.74, 6) is 0. The van der Waals surface area contributed by atoms with Crippen LogP contribution < -0.4 is 5.32 Å². The first-order valence-corrected chi connectivity index (χ1v) is 8.12. The van der Waals surface area contributed by atoms with Gasteiger partial charge in [-0.3, -0.25) is 0 Å². The van der Waals surface area contributed by atoms with Gasteiger partial charge in [0.05, 0.1) is 0 Å². The molecule has 1 nitrogen and oxygen atoms in total. The zero-order valence-corrected chi connectivity index (χ0v) is 13.4. The number of nitrogens with one attached hydrogen (secondary N) is 1. The molecule has 0 aliphatic heterocycles. The van der Waals surface area contributed by atoms with Crippen molar-refractivity contribution in [3.8, 4) is 0 Å². The largest absolute Gasteiger partial charge is 0.313 e. The molecule has 0 saturated heterocycles. The van der Waals surface area contributed by atoms with Gasteiger partial charge in [-0.05, 0) is 48.9 Å². The van der Waals surface area contributed by atoms with E-state index in [4.69, 9.17) is 0 Å². The van der Waals surface area contributed by atoms with E-state index in [1.807, 2.05) is 11.8 Å². The second-order valence-electron chi connectivity index (χ2n) is 4.34. The van der Waals surface area contributed by atoms with Crippen molar-refractivity contribution in [2.75, 3.05) is 6.54 Å². The maximum atomic E-state index is 3.55. The van der Waals surface area contributed by atoms with Gasteiger partial charge in [-0.1, -0.05) is 52.8 Å². The van der Waals surface area contributed by atoms with Crippen molar-refractivity contribution >= 4 is 27.7 Å². The van der Waals surface area contributed by atoms with E-state index in [1.165, 1.54) is 15.4 Å². The highest BCUT2D eigenvalue weighted by molar-refractivity contribution is 9.10. The fourth-order valence-electron chi connectivity index (χ4n) is 1.80. The minimum Gasteiger partial charge on any atom is -0.313 e. The van der Waals surface area contributed by atoms with E-state index in [2.05, 4.69) is 76.7 Å². The van der Waals surface area contributed by atoms with E-state index in [0.29, 0.717) is 0 Å². The van der Waals surface area contributed by atoms with Gasteiger partial charge in [-0.15, -0.1) is 0 Å². The third-order valence-corrected chi connectivity index (χ3v) is 4.36. The van der Waals surface area contributed by atoms with Crippen molar-refractivity contribution in [1.82, 2.24) is 5.32 Å². The predicted octanol–water partition coefficient (Wildman–Crippen LogP) is 5.10. The highest BCUT2D eigenvalue weighted by Crippen LogP contribution is 2.31. The molecule has 0 unspecified atom stereocenters. The topological polar surface area (TPSA) is 12.0 Å². The smallest absolute Gasteiger partial charge is 0.0217 e. The lowest BCUT2D eigenvalue weighted by Crippen LogP contribution is -2.14. The summed E-state index contributed by atoms with van der Waals surface area (Å²) in [6.45, 7) is 4.16. The average Bonchev–Trinajstić information content (AvgIpc) is 2.43. The van der Waals surface area contributed by atoms with E-state index in [1.54, 1.807) is 0 Å². The van der Waals surface area contributed by atoms with Crippen LogP contribution in [0.25, 0.3) is 0 Å². The average molecular weight is 336 g/mol. The van der Waals surface area contributed by atoms with Gasteiger partial charge in [0.25, 0.3) is 0 Å². The minimum atomic E-state index is 0.919. The Bertz CT molecular complexity index is 513. The van der Waals surface area contributed by atoms with E-state index in [-0.39, 0.29) is 0 Å². The van der Waals surface area contributed by atoms with Crippen LogP contribution in [0.4, 0.5) is 0 Å². The molecule has 1 N–H and O–H groups in total. The summed E-state index contributed by atoms with van der Waals surface area (Å²) in [6, 6.07) is 17.0. The number of hydrogen-bond donors (Lipinski definition) is 1. The molecule has 0 aliphatic carbocycles. The molecule has 2 rings (SSSR count). The Hall–Kier alpha value is -0.770. The maximum absolute atomic E-state index is 3.55. The van der Waals surface area contributed by atoms with Crippen molar-refractivity contribution in [3.05, 3.63) is 58.6 Å². The van der Waals surface area contributed by atoms with Gasteiger partial charge >= 0.3 is 0 Å². The second kappa shape index (κ2) is 7.73. The first kappa shape index (κ1) is 14.6. The number of benzene rings is 2. The van der Waals surface area contributed by atoms with Crippen LogP contribution in [-0.4, -0.2) is 6.54 Å². The van der Waals surface area contributed by atoms with Crippen LogP contribution in [0.3, 0.4) is 0 Å². The van der Waals surface area contributed by atoms with Gasteiger partial charge in [-0.2, -0.15) is 0 Å². The Morgan fingerprint density at radius 2 is 1.89 bits per heavy atom. The summed E-state index contributed by atoms with van der Waals surface area (Å²) in [5, 5.41) is 3.47. The summed E-state index contributed by atoms with van der Waals surface area (Å²) in [4.78, 5) is 2.60. The molecule has 100 valence electrons. The third kappa shape index (κ3) is 4.68. The molecule has 0 aromatic heterocycles. The van der Waals surface area contributed by atoms with Crippen molar-refractivity contribution < 1.29 is 0 Å². The molecule has 0 radical (unpaired) electrons. The molecule has 3 heteroatoms. The fraction of sp³-hybridized carbons (Fsp3) is 0.250. The van der Waals surface area contributed by atoms with Gasteiger partial charge in [0.15, 0.2) is 0 Å². The maximum Gasteiger partial charge on any atom is 0.0217 e. The molecule has 0 amide bonds. The minimum absolute atomic E-state index is 0.919. The lowest BCUT2D eigenvalue weighted by Gasteiger charge is -2.10. The summed E-state index contributed by atoms with van der Waals surface area (Å²) in [7, 11) is 0. The highest BCUT2D eigenvalue weighted by atomic mass is 79.9. The molecule has 0 fully saturated rings. The SMILES string of the molecule is CCCNCc1cc(Br)ccc1Sc1ccccc1. The quantitative estimate of drug-likeness (QED) is 0.737. The van der Waals surface area contributed by atoms with Crippen molar-refractivity contribution in [3.63, 3.8) is 0 Å². The normalized spacial score (nSPS) is 10.6. The molecular formula is C16H18BrNS. The van der Waals surface area contributed by atoms with Crippen LogP contribution in [0.5, 0.6) is 0 Å². The van der Waals surface area contributed by atoms with Gasteiger partial charge in [0.2, 0.25) is 0 Å². The Labute approximate surface area is 127 Å². The molecule has 2 aromatic rings. The van der Waals surface area contributed by atoms with Crippen molar-refractivity contribution in [2.24, 2.45) is 0 Å². The number of halogens is 1. The fourth-order valence-corrected chi connectivity index (χ4v) is 3.15. The Kier molecular flexibility index (Phi) is 5.95. The van der Waals surface area contributed by atoms with E-state index >= 15 is 0 Å². The first-order valence-electron chi connectivity index (χ1n) is 6.51. The zero-order valence-electron chi connectivity index (χ0n) is 11.0. The van der Waals surface area contributed by atoms with Crippen LogP contribution in [-0.2, 0) is 6.54 Å². The van der Waals surface area contributed by atoms with Gasteiger partial charge in [0.1, 0.15) is 0 Å². The Morgan fingerprint density at radius 1 is 1.11 bits per heavy atom. The van der Waals surface area contributed by atoms with Crippen molar-refractivity contribution in [1.29, 1.82) is 0 Å². The lowest BCUT2D eigenvalue weighted by molar-refractivity contribution is 0.669. The van der Waals surface area contributed by atoms with Crippen LogP contribution in [0, 0.1) is 0 Å². The first-order chi connectivity index (χ1) is 9.29. The van der Waals surface area contributed by atoms with Crippen molar-refractivity contribution in [2.45, 2.75) is 29.7 Å². The molecule has 19 heavy (non-hydrogen) atoms. The molecule has 0 bridgehead atoms. The van der Waals surface area contributed by atoms with Gasteiger partial charge in [0, 0.05) is 20.8 Å². The standard InChI is InChI=1S/C16H18BrNS/c1-2-10-18-12-13-11-14(17)8-9-16(13)19-15-6-4-3-5-7-15/h3-9,11,18H,2,10,12H2,1H3. The van der Waals surface area contributed by atoms with Crippen LogP contribution in [0.15, 0.2) is 62.8 Å². The number of rotatable bonds is 6. The van der Waals surface area contributed by atoms with E-state index < -0.39 is 0 Å². The highest BCUT2D eigenvalue weighted by Gasteiger charge is 2.05. The number of hydrogen-bond acceptors (Lipinski definition) is 2. The molecule has 0 aliphatic rings. The molecule has 0 atom stereocenters. The predicted molar refractivity (Wildman–Crippen MR) is 86.7 cm³/mol. The molecule has 0 saturated carbocycles. The van der Waals surface area contributed by atoms with Crippen LogP contribution in [0.2, 0.25) is 0 Å². The van der Waals surface area contributed by atoms with Gasteiger partial charge in [-0.25, -0.2) is 0 Å². The Balaban J connectivity index is 2.14. The van der Waals surface area contributed by atoms with Gasteiger partial charge < -0.3 is 5.32 Å². The monoisotopic (exact) mass is 335 g/mol. The summed E-state index contributed by atoms with van der Waals surface area (Å²) in [5.41, 5.74) is 1.34. The third-order valence-electron chi connectivity index (χ3n) is 2.74. The van der Waals surface area contributed by atoms with E-state index in [0.717, 1.165) is 24.0 Å². The molecule has 0 heterocycles. The molecule has 2 aromatic carbocycles. The second-order valence-corrected chi connectivity index (χ2v) is 6.37. The summed E-state index contributed by atoms with van der Waals surface area (Å²) >= 11 is 5.37. The zero-order chi connectivity index (χ0) is 13.5. The summed E-state index contributed by atoms with van der Waals surface area (Å²) in [6.07, 6.45) is 1.16. The van der Waals surface area contributed by atoms with Crippen LogP contribution >= 0.6 is 27.7 Å². The Morgan fingerprint density at radius 3 is 2.63 bits per heavy atom. The summed E-state index contributed by atoms with van der Waals surface area (Å²) < 4.78 is 1.14. The van der Waals surface area contributed by atoms with E-state index in [9.17, 15) is 0 Å². The lowest BCUT2D eigenvalue weighted by atomic mass is 10.2. The molecular weight excluding hydrogens is 318 g/mol.